The van der Waals surface area contributed by atoms with Crippen molar-refractivity contribution in [2.75, 3.05) is 26.3 Å². The predicted molar refractivity (Wildman–Crippen MR) is 164 cm³/mol. The van der Waals surface area contributed by atoms with Gasteiger partial charge < -0.3 is 29.1 Å². The van der Waals surface area contributed by atoms with Crippen molar-refractivity contribution in [2.45, 2.75) is 69.5 Å². The van der Waals surface area contributed by atoms with Gasteiger partial charge in [0.25, 0.3) is 10.0 Å². The minimum absolute atomic E-state index is 0.0154. The molecule has 6 rings (SSSR count). The van der Waals surface area contributed by atoms with Crippen LogP contribution in [0.2, 0.25) is 0 Å². The van der Waals surface area contributed by atoms with E-state index in [1.165, 1.54) is 17.1 Å². The monoisotopic (exact) mass is 642 g/mol. The molecular weight excluding hydrogens is 600 g/mol. The summed E-state index contributed by atoms with van der Waals surface area (Å²) in [5, 5.41) is 16.0. The Balaban J connectivity index is 1.17. The quantitative estimate of drug-likeness (QED) is 0.237. The Kier molecular flexibility index (Phi) is 9.46. The number of hydrazine groups is 1. The number of fused-ring (bicyclic) bond motifs is 2. The number of benzene rings is 2. The van der Waals surface area contributed by atoms with Gasteiger partial charge in [-0.2, -0.15) is 0 Å². The largest absolute Gasteiger partial charge is 0.445 e. The molecule has 1 amide bonds. The summed E-state index contributed by atoms with van der Waals surface area (Å²) in [5.74, 6) is 1.15. The summed E-state index contributed by atoms with van der Waals surface area (Å²) < 4.78 is 50.1. The van der Waals surface area contributed by atoms with Crippen molar-refractivity contribution in [1.29, 1.82) is 0 Å². The number of hydrogen-bond acceptors (Lipinski definition) is 10. The third-order valence-corrected chi connectivity index (χ3v) is 10.4. The molecule has 13 heteroatoms. The highest BCUT2D eigenvalue weighted by molar-refractivity contribution is 7.89. The van der Waals surface area contributed by atoms with Crippen LogP contribution in [0.1, 0.15) is 38.1 Å². The third-order valence-electron chi connectivity index (χ3n) is 9.01. The summed E-state index contributed by atoms with van der Waals surface area (Å²) in [6.07, 6.45) is -0.423. The van der Waals surface area contributed by atoms with E-state index in [4.69, 9.17) is 18.6 Å². The lowest BCUT2D eigenvalue weighted by molar-refractivity contribution is -0.169. The predicted octanol–water partition coefficient (Wildman–Crippen LogP) is 3.38. The Morgan fingerprint density at radius 2 is 1.91 bits per heavy atom. The first kappa shape index (κ1) is 31.9. The summed E-state index contributed by atoms with van der Waals surface area (Å²) >= 11 is 0. The van der Waals surface area contributed by atoms with Crippen molar-refractivity contribution in [1.82, 2.24) is 20.1 Å². The van der Waals surface area contributed by atoms with Gasteiger partial charge in [0.1, 0.15) is 11.6 Å². The fraction of sp³-hybridized carbons (Fsp3) is 0.562. The van der Waals surface area contributed by atoms with Crippen LogP contribution in [0.4, 0.5) is 4.79 Å². The zero-order valence-corrected chi connectivity index (χ0v) is 26.6. The van der Waals surface area contributed by atoms with E-state index in [-0.39, 0.29) is 47.5 Å². The Morgan fingerprint density at radius 1 is 1.13 bits per heavy atom. The van der Waals surface area contributed by atoms with Gasteiger partial charge >= 0.3 is 6.09 Å². The van der Waals surface area contributed by atoms with E-state index in [2.05, 4.69) is 15.1 Å². The molecule has 2 aromatic carbocycles. The van der Waals surface area contributed by atoms with Crippen LogP contribution in [0.15, 0.2) is 57.8 Å². The molecule has 2 bridgehead atoms. The first-order chi connectivity index (χ1) is 21.6. The number of hydrogen-bond donors (Lipinski definition) is 3. The van der Waals surface area contributed by atoms with Gasteiger partial charge in [-0.15, -0.1) is 4.83 Å². The van der Waals surface area contributed by atoms with Crippen LogP contribution in [-0.2, 0) is 30.7 Å². The smallest absolute Gasteiger partial charge is 0.407 e. The highest BCUT2D eigenvalue weighted by Gasteiger charge is 2.56. The van der Waals surface area contributed by atoms with Crippen molar-refractivity contribution in [3.63, 3.8) is 0 Å². The SMILES string of the molecule is Cc1nc2ccc(S(=O)(=O)NN(CCC(C)C)C[C@@H](O)[C@H](Cc3ccccc3)NC(=O)OC3C4COC5OCC3C5C4)cc2o1. The number of aliphatic hydroxyl groups is 1. The van der Waals surface area contributed by atoms with Gasteiger partial charge in [-0.1, -0.05) is 44.2 Å². The van der Waals surface area contributed by atoms with E-state index < -0.39 is 28.3 Å². The minimum Gasteiger partial charge on any atom is -0.445 e. The number of carbonyl (C=O) groups excluding carboxylic acids is 1. The lowest BCUT2D eigenvalue weighted by Crippen LogP contribution is -2.54. The van der Waals surface area contributed by atoms with E-state index in [1.54, 1.807) is 13.0 Å². The fourth-order valence-electron chi connectivity index (χ4n) is 6.66. The number of aliphatic hydroxyl groups excluding tert-OH is 1. The lowest BCUT2D eigenvalue weighted by Gasteiger charge is -2.31. The minimum atomic E-state index is -4.03. The van der Waals surface area contributed by atoms with Crippen LogP contribution >= 0.6 is 0 Å². The number of alkyl carbamates (subject to hydrolysis) is 1. The number of aryl methyl sites for hydroxylation is 1. The molecule has 2 aliphatic heterocycles. The molecule has 1 aromatic heterocycles. The van der Waals surface area contributed by atoms with Crippen LogP contribution in [0, 0.1) is 30.6 Å². The molecule has 3 aliphatic rings. The highest BCUT2D eigenvalue weighted by atomic mass is 32.2. The van der Waals surface area contributed by atoms with Gasteiger partial charge in [-0.25, -0.2) is 23.2 Å². The molecule has 2 saturated heterocycles. The average molecular weight is 643 g/mol. The van der Waals surface area contributed by atoms with Crippen molar-refractivity contribution < 1.29 is 36.9 Å². The summed E-state index contributed by atoms with van der Waals surface area (Å²) in [6, 6.07) is 13.3. The van der Waals surface area contributed by atoms with Gasteiger partial charge in [0.2, 0.25) is 0 Å². The molecule has 3 heterocycles. The average Bonchev–Trinajstić information content (AvgIpc) is 3.66. The lowest BCUT2D eigenvalue weighted by atomic mass is 9.98. The number of nitrogens with zero attached hydrogens (tertiary/aromatic N) is 2. The number of amides is 1. The molecule has 3 fully saturated rings. The number of aromatic nitrogens is 1. The van der Waals surface area contributed by atoms with Gasteiger partial charge in [-0.3, -0.25) is 0 Å². The molecular formula is C32H42N4O8S. The molecule has 1 saturated carbocycles. The molecule has 0 spiro atoms. The van der Waals surface area contributed by atoms with Crippen LogP contribution in [0.25, 0.3) is 11.1 Å². The van der Waals surface area contributed by atoms with Crippen molar-refractivity contribution in [3.05, 3.63) is 60.0 Å². The summed E-state index contributed by atoms with van der Waals surface area (Å²) in [5.41, 5.74) is 1.84. The topological polar surface area (TPSA) is 152 Å². The fourth-order valence-corrected chi connectivity index (χ4v) is 7.78. The summed E-state index contributed by atoms with van der Waals surface area (Å²) in [4.78, 5) is 20.2. The van der Waals surface area contributed by atoms with E-state index in [9.17, 15) is 18.3 Å². The molecule has 244 valence electrons. The van der Waals surface area contributed by atoms with E-state index in [1.807, 2.05) is 44.2 Å². The van der Waals surface area contributed by atoms with Crippen molar-refractivity contribution in [3.8, 4) is 0 Å². The normalized spacial score (nSPS) is 25.6. The van der Waals surface area contributed by atoms with Gasteiger partial charge in [0, 0.05) is 43.8 Å². The number of sulfonamides is 1. The second-order valence-corrected chi connectivity index (χ2v) is 14.5. The number of rotatable bonds is 13. The maximum Gasteiger partial charge on any atom is 0.407 e. The Morgan fingerprint density at radius 3 is 2.69 bits per heavy atom. The molecule has 3 aromatic rings. The Hall–Kier alpha value is -3.07. The van der Waals surface area contributed by atoms with Crippen molar-refractivity contribution in [2.24, 2.45) is 23.7 Å². The molecule has 3 N–H and O–H groups in total. The van der Waals surface area contributed by atoms with E-state index in [0.29, 0.717) is 49.6 Å². The standard InChI is InChI=1S/C32H42N4O8S/c1-19(2)11-12-36(35-45(39,40)23-9-10-26-29(15-23)43-20(3)33-26)16-28(37)27(13-21-7-5-4-6-8-21)34-32(38)44-30-22-14-24-25(30)18-42-31(24)41-17-22/h4-10,15,19,22,24-25,27-28,30-31,35,37H,11-14,16-18H2,1-3H3,(H,34,38)/t22?,24?,25?,27-,28+,30?,31?/m0/s1. The van der Waals surface area contributed by atoms with Crippen LogP contribution in [0.3, 0.4) is 0 Å². The van der Waals surface area contributed by atoms with Crippen molar-refractivity contribution >= 4 is 27.2 Å². The highest BCUT2D eigenvalue weighted by Crippen LogP contribution is 2.49. The van der Waals surface area contributed by atoms with Crippen LogP contribution < -0.4 is 10.1 Å². The van der Waals surface area contributed by atoms with Crippen LogP contribution in [0.5, 0.6) is 0 Å². The molecule has 1 aliphatic carbocycles. The van der Waals surface area contributed by atoms with Gasteiger partial charge in [0.15, 0.2) is 17.8 Å². The Labute approximate surface area is 263 Å². The number of nitrogens with one attached hydrogen (secondary N) is 2. The maximum atomic E-state index is 13.5. The molecule has 45 heavy (non-hydrogen) atoms. The number of ether oxygens (including phenoxy) is 3. The first-order valence-electron chi connectivity index (χ1n) is 15.6. The van der Waals surface area contributed by atoms with Crippen LogP contribution in [-0.4, -0.2) is 80.5 Å². The summed E-state index contributed by atoms with van der Waals surface area (Å²) in [6.45, 7) is 7.03. The molecule has 12 nitrogen and oxygen atoms in total. The first-order valence-corrected chi connectivity index (χ1v) is 17.1. The second-order valence-electron chi connectivity index (χ2n) is 12.8. The maximum absolute atomic E-state index is 13.5. The molecule has 0 radical (unpaired) electrons. The van der Waals surface area contributed by atoms with E-state index in [0.717, 1.165) is 12.0 Å². The zero-order valence-electron chi connectivity index (χ0n) is 25.8. The third kappa shape index (κ3) is 7.34. The second kappa shape index (κ2) is 13.3. The Bertz CT molecular complexity index is 1580. The number of carbonyl (C=O) groups is 1. The zero-order chi connectivity index (χ0) is 31.7. The van der Waals surface area contributed by atoms with E-state index >= 15 is 0 Å². The molecule has 5 unspecified atom stereocenters. The number of oxazole rings is 1. The van der Waals surface area contributed by atoms with Gasteiger partial charge in [-0.05, 0) is 42.9 Å². The molecule has 7 atom stereocenters. The summed E-state index contributed by atoms with van der Waals surface area (Å²) in [7, 11) is -4.03. The van der Waals surface area contributed by atoms with Gasteiger partial charge in [0.05, 0.1) is 30.3 Å².